The van der Waals surface area contributed by atoms with Gasteiger partial charge in [-0.3, -0.25) is 0 Å². The smallest absolute Gasteiger partial charge is 0.187 e. The molecule has 0 aliphatic heterocycles. The van der Waals surface area contributed by atoms with Gasteiger partial charge in [-0.05, 0) is 23.8 Å². The Kier molecular flexibility index (Phi) is 4.51. The summed E-state index contributed by atoms with van der Waals surface area (Å²) in [4.78, 5) is 4.70. The van der Waals surface area contributed by atoms with E-state index in [-0.39, 0.29) is 0 Å². The van der Waals surface area contributed by atoms with Crippen LogP contribution >= 0.6 is 22.9 Å². The first-order valence-corrected chi connectivity index (χ1v) is 9.18. The zero-order valence-electron chi connectivity index (χ0n) is 13.3. The minimum Gasteiger partial charge on any atom is -0.331 e. The Labute approximate surface area is 155 Å². The van der Waals surface area contributed by atoms with Gasteiger partial charge in [-0.15, -0.1) is 11.3 Å². The zero-order chi connectivity index (χ0) is 17.1. The van der Waals surface area contributed by atoms with Gasteiger partial charge in [-0.2, -0.15) is 0 Å². The summed E-state index contributed by atoms with van der Waals surface area (Å²) in [6.45, 7) is 0. The van der Waals surface area contributed by atoms with E-state index in [2.05, 4.69) is 41.0 Å². The van der Waals surface area contributed by atoms with E-state index in [4.69, 9.17) is 16.6 Å². The van der Waals surface area contributed by atoms with E-state index < -0.39 is 0 Å². The minimum absolute atomic E-state index is 0.731. The van der Waals surface area contributed by atoms with Crippen LogP contribution in [0.25, 0.3) is 22.4 Å². The summed E-state index contributed by atoms with van der Waals surface area (Å²) in [7, 11) is 0. The molecule has 3 aromatic carbocycles. The van der Waals surface area contributed by atoms with E-state index in [1.807, 2.05) is 48.5 Å². The molecule has 4 heteroatoms. The third kappa shape index (κ3) is 3.58. The summed E-state index contributed by atoms with van der Waals surface area (Å²) in [5.41, 5.74) is 5.39. The second kappa shape index (κ2) is 7.09. The largest absolute Gasteiger partial charge is 0.331 e. The Morgan fingerprint density at radius 1 is 0.760 bits per heavy atom. The highest BCUT2D eigenvalue weighted by Crippen LogP contribution is 2.32. The summed E-state index contributed by atoms with van der Waals surface area (Å²) in [6.07, 6.45) is 0. The van der Waals surface area contributed by atoms with Gasteiger partial charge in [-0.25, -0.2) is 4.98 Å². The van der Waals surface area contributed by atoms with Gasteiger partial charge in [0.05, 0.1) is 5.69 Å². The van der Waals surface area contributed by atoms with Crippen molar-refractivity contribution in [2.75, 3.05) is 5.32 Å². The standard InChI is InChI=1S/C21H15ClN2S/c22-17-12-10-16(11-13-17)20-14-25-21(24-20)23-19-9-5-4-8-18(19)15-6-2-1-3-7-15/h1-14H,(H,23,24). The van der Waals surface area contributed by atoms with Crippen molar-refractivity contribution in [3.05, 3.63) is 89.3 Å². The van der Waals surface area contributed by atoms with E-state index in [9.17, 15) is 0 Å². The number of thiazole rings is 1. The SMILES string of the molecule is Clc1ccc(-c2csc(Nc3ccccc3-c3ccccc3)n2)cc1. The van der Waals surface area contributed by atoms with Crippen LogP contribution in [0.1, 0.15) is 0 Å². The lowest BCUT2D eigenvalue weighted by molar-refractivity contribution is 1.38. The quantitative estimate of drug-likeness (QED) is 0.428. The van der Waals surface area contributed by atoms with Crippen molar-refractivity contribution < 1.29 is 0 Å². The van der Waals surface area contributed by atoms with Crippen molar-refractivity contribution in [2.45, 2.75) is 0 Å². The van der Waals surface area contributed by atoms with E-state index >= 15 is 0 Å². The van der Waals surface area contributed by atoms with Crippen molar-refractivity contribution in [2.24, 2.45) is 0 Å². The number of hydrogen-bond acceptors (Lipinski definition) is 3. The Balaban J connectivity index is 1.63. The fourth-order valence-corrected chi connectivity index (χ4v) is 3.52. The first-order chi connectivity index (χ1) is 12.3. The molecular formula is C21H15ClN2S. The van der Waals surface area contributed by atoms with Gasteiger partial charge in [0.25, 0.3) is 0 Å². The molecule has 0 amide bonds. The molecule has 2 nitrogen and oxygen atoms in total. The van der Waals surface area contributed by atoms with Crippen LogP contribution in [0.2, 0.25) is 5.02 Å². The first-order valence-electron chi connectivity index (χ1n) is 7.92. The van der Waals surface area contributed by atoms with Crippen LogP contribution in [0, 0.1) is 0 Å². The fraction of sp³-hybridized carbons (Fsp3) is 0. The van der Waals surface area contributed by atoms with E-state index in [1.165, 1.54) is 5.56 Å². The number of halogens is 1. The second-order valence-electron chi connectivity index (χ2n) is 5.58. The molecule has 4 rings (SSSR count). The first kappa shape index (κ1) is 15.9. The van der Waals surface area contributed by atoms with Crippen LogP contribution in [0.5, 0.6) is 0 Å². The van der Waals surface area contributed by atoms with Gasteiger partial charge >= 0.3 is 0 Å². The normalized spacial score (nSPS) is 10.6. The highest BCUT2D eigenvalue weighted by atomic mass is 35.5. The second-order valence-corrected chi connectivity index (χ2v) is 6.88. The van der Waals surface area contributed by atoms with Gasteiger partial charge in [0.1, 0.15) is 0 Å². The number of para-hydroxylation sites is 1. The van der Waals surface area contributed by atoms with Crippen LogP contribution in [0.4, 0.5) is 10.8 Å². The molecule has 0 atom stereocenters. The maximum absolute atomic E-state index is 5.96. The predicted molar refractivity (Wildman–Crippen MR) is 108 cm³/mol. The highest BCUT2D eigenvalue weighted by molar-refractivity contribution is 7.14. The number of benzene rings is 3. The molecule has 1 heterocycles. The summed E-state index contributed by atoms with van der Waals surface area (Å²) in [5.74, 6) is 0. The zero-order valence-corrected chi connectivity index (χ0v) is 14.9. The molecular weight excluding hydrogens is 348 g/mol. The molecule has 0 aliphatic carbocycles. The molecule has 122 valence electrons. The van der Waals surface area contributed by atoms with Gasteiger partial charge in [0.15, 0.2) is 5.13 Å². The lowest BCUT2D eigenvalue weighted by atomic mass is 10.0. The van der Waals surface area contributed by atoms with E-state index in [1.54, 1.807) is 11.3 Å². The van der Waals surface area contributed by atoms with Crippen LogP contribution < -0.4 is 5.32 Å². The van der Waals surface area contributed by atoms with Gasteiger partial charge in [-0.1, -0.05) is 72.3 Å². The molecule has 25 heavy (non-hydrogen) atoms. The number of anilines is 2. The maximum atomic E-state index is 5.96. The highest BCUT2D eigenvalue weighted by Gasteiger charge is 2.08. The predicted octanol–water partition coefficient (Wildman–Crippen LogP) is 6.87. The molecule has 1 N–H and O–H groups in total. The summed E-state index contributed by atoms with van der Waals surface area (Å²) in [6, 6.07) is 26.4. The van der Waals surface area contributed by atoms with Crippen molar-refractivity contribution in [1.82, 2.24) is 4.98 Å². The number of hydrogen-bond donors (Lipinski definition) is 1. The molecule has 0 fully saturated rings. The van der Waals surface area contributed by atoms with Gasteiger partial charge in [0, 0.05) is 27.2 Å². The Morgan fingerprint density at radius 3 is 2.28 bits per heavy atom. The third-order valence-corrected chi connectivity index (χ3v) is 4.91. The minimum atomic E-state index is 0.731. The summed E-state index contributed by atoms with van der Waals surface area (Å²) in [5, 5.41) is 7.11. The number of nitrogens with zero attached hydrogens (tertiary/aromatic N) is 1. The molecule has 0 aliphatic rings. The average Bonchev–Trinajstić information content (AvgIpc) is 3.12. The van der Waals surface area contributed by atoms with E-state index in [0.29, 0.717) is 0 Å². The van der Waals surface area contributed by atoms with Gasteiger partial charge in [0.2, 0.25) is 0 Å². The lowest BCUT2D eigenvalue weighted by Crippen LogP contribution is -1.92. The molecule has 0 unspecified atom stereocenters. The monoisotopic (exact) mass is 362 g/mol. The number of nitrogens with one attached hydrogen (secondary N) is 1. The summed E-state index contributed by atoms with van der Waals surface area (Å²) >= 11 is 7.55. The average molecular weight is 363 g/mol. The fourth-order valence-electron chi connectivity index (χ4n) is 2.66. The van der Waals surface area contributed by atoms with Crippen LogP contribution in [0.15, 0.2) is 84.2 Å². The lowest BCUT2D eigenvalue weighted by Gasteiger charge is -2.10. The molecule has 1 aromatic heterocycles. The Morgan fingerprint density at radius 2 is 1.48 bits per heavy atom. The topological polar surface area (TPSA) is 24.9 Å². The third-order valence-electron chi connectivity index (χ3n) is 3.90. The van der Waals surface area contributed by atoms with Crippen LogP contribution in [-0.2, 0) is 0 Å². The molecule has 0 saturated carbocycles. The van der Waals surface area contributed by atoms with Gasteiger partial charge < -0.3 is 5.32 Å². The molecule has 4 aromatic rings. The van der Waals surface area contributed by atoms with E-state index in [0.717, 1.165) is 32.7 Å². The Hall–Kier alpha value is -2.62. The Bertz CT molecular complexity index is 978. The van der Waals surface area contributed by atoms with Crippen LogP contribution in [-0.4, -0.2) is 4.98 Å². The molecule has 0 bridgehead atoms. The number of rotatable bonds is 4. The maximum Gasteiger partial charge on any atom is 0.187 e. The molecule has 0 spiro atoms. The molecule has 0 saturated heterocycles. The van der Waals surface area contributed by atoms with Crippen molar-refractivity contribution in [3.8, 4) is 22.4 Å². The van der Waals surface area contributed by atoms with Crippen molar-refractivity contribution >= 4 is 33.8 Å². The molecule has 0 radical (unpaired) electrons. The summed E-state index contributed by atoms with van der Waals surface area (Å²) < 4.78 is 0. The number of aromatic nitrogens is 1. The van der Waals surface area contributed by atoms with Crippen molar-refractivity contribution in [3.63, 3.8) is 0 Å². The van der Waals surface area contributed by atoms with Crippen molar-refractivity contribution in [1.29, 1.82) is 0 Å². The van der Waals surface area contributed by atoms with Crippen LogP contribution in [0.3, 0.4) is 0 Å².